The molecule has 1 aliphatic heterocycles. The molecular weight excluding hydrogens is 266 g/mol. The van der Waals surface area contributed by atoms with Crippen LogP contribution in [0.5, 0.6) is 0 Å². The number of nitrogens with zero attached hydrogens (tertiary/aromatic N) is 3. The first kappa shape index (κ1) is 15.5. The quantitative estimate of drug-likeness (QED) is 0.836. The van der Waals surface area contributed by atoms with Gasteiger partial charge in [-0.05, 0) is 19.2 Å². The monoisotopic (exact) mass is 289 g/mol. The van der Waals surface area contributed by atoms with E-state index in [-0.39, 0.29) is 11.8 Å². The van der Waals surface area contributed by atoms with Crippen LogP contribution in [0, 0.1) is 0 Å². The Morgan fingerprint density at radius 1 is 1.10 bits per heavy atom. The third-order valence-corrected chi connectivity index (χ3v) is 3.85. The van der Waals surface area contributed by atoms with Crippen LogP contribution in [0.4, 0.5) is 5.69 Å². The number of rotatable bonds is 4. The van der Waals surface area contributed by atoms with Gasteiger partial charge >= 0.3 is 0 Å². The molecule has 2 rings (SSSR count). The van der Waals surface area contributed by atoms with E-state index in [9.17, 15) is 9.59 Å². The van der Waals surface area contributed by atoms with Crippen molar-refractivity contribution in [2.24, 2.45) is 0 Å². The molecule has 0 atom stereocenters. The lowest BCUT2D eigenvalue weighted by atomic mass is 10.2. The molecule has 1 aromatic rings. The van der Waals surface area contributed by atoms with Crippen molar-refractivity contribution in [3.05, 3.63) is 30.3 Å². The molecule has 0 aromatic heterocycles. The number of benzene rings is 1. The fraction of sp³-hybridized carbons (Fsp3) is 0.500. The maximum atomic E-state index is 12.2. The summed E-state index contributed by atoms with van der Waals surface area (Å²) in [5.41, 5.74) is 0.844. The Labute approximate surface area is 126 Å². The molecule has 0 N–H and O–H groups in total. The predicted molar refractivity (Wildman–Crippen MR) is 83.2 cm³/mol. The summed E-state index contributed by atoms with van der Waals surface area (Å²) >= 11 is 0. The highest BCUT2D eigenvalue weighted by Crippen LogP contribution is 2.14. The van der Waals surface area contributed by atoms with Crippen LogP contribution in [0.25, 0.3) is 0 Å². The van der Waals surface area contributed by atoms with Crippen LogP contribution >= 0.6 is 0 Å². The fourth-order valence-electron chi connectivity index (χ4n) is 2.50. The van der Waals surface area contributed by atoms with Crippen molar-refractivity contribution in [2.45, 2.75) is 13.3 Å². The predicted octanol–water partition coefficient (Wildman–Crippen LogP) is 1.20. The SMILES string of the molecule is CC(=O)N(CCC(=O)N1CCN(C)CC1)c1ccccc1. The lowest BCUT2D eigenvalue weighted by molar-refractivity contribution is -0.132. The molecule has 1 aliphatic rings. The van der Waals surface area contributed by atoms with Gasteiger partial charge < -0.3 is 14.7 Å². The van der Waals surface area contributed by atoms with E-state index in [1.54, 1.807) is 4.90 Å². The topological polar surface area (TPSA) is 43.9 Å². The molecule has 21 heavy (non-hydrogen) atoms. The number of amides is 2. The highest BCUT2D eigenvalue weighted by molar-refractivity contribution is 5.92. The molecule has 1 heterocycles. The summed E-state index contributed by atoms with van der Waals surface area (Å²) in [7, 11) is 2.06. The average molecular weight is 289 g/mol. The number of hydrogen-bond acceptors (Lipinski definition) is 3. The summed E-state index contributed by atoms with van der Waals surface area (Å²) in [5.74, 6) is 0.0951. The summed E-state index contributed by atoms with van der Waals surface area (Å²) in [4.78, 5) is 29.8. The Balaban J connectivity index is 1.90. The van der Waals surface area contributed by atoms with Crippen LogP contribution in [0.2, 0.25) is 0 Å². The van der Waals surface area contributed by atoms with Crippen LogP contribution in [0.3, 0.4) is 0 Å². The zero-order valence-corrected chi connectivity index (χ0v) is 12.8. The van der Waals surface area contributed by atoms with E-state index >= 15 is 0 Å². The van der Waals surface area contributed by atoms with Gasteiger partial charge in [-0.2, -0.15) is 0 Å². The van der Waals surface area contributed by atoms with Crippen molar-refractivity contribution in [2.75, 3.05) is 44.7 Å². The van der Waals surface area contributed by atoms with Gasteiger partial charge in [0.25, 0.3) is 0 Å². The highest BCUT2D eigenvalue weighted by atomic mass is 16.2. The lowest BCUT2D eigenvalue weighted by Crippen LogP contribution is -2.47. The standard InChI is InChI=1S/C16H23N3O2/c1-14(20)19(15-6-4-3-5-7-15)9-8-16(21)18-12-10-17(2)11-13-18/h3-7H,8-13H2,1-2H3. The minimum absolute atomic E-state index is 0.0348. The Morgan fingerprint density at radius 2 is 1.71 bits per heavy atom. The first-order chi connectivity index (χ1) is 10.1. The number of likely N-dealkylation sites (N-methyl/N-ethyl adjacent to an activating group) is 1. The molecule has 0 radical (unpaired) electrons. The van der Waals surface area contributed by atoms with Crippen LogP contribution < -0.4 is 4.90 Å². The van der Waals surface area contributed by atoms with Gasteiger partial charge in [-0.3, -0.25) is 9.59 Å². The number of carbonyl (C=O) groups excluding carboxylic acids is 2. The minimum atomic E-state index is -0.0348. The smallest absolute Gasteiger partial charge is 0.224 e. The molecule has 0 unspecified atom stereocenters. The van der Waals surface area contributed by atoms with Crippen LogP contribution in [0.1, 0.15) is 13.3 Å². The number of carbonyl (C=O) groups is 2. The second-order valence-electron chi connectivity index (χ2n) is 5.44. The van der Waals surface area contributed by atoms with Gasteiger partial charge in [-0.1, -0.05) is 18.2 Å². The van der Waals surface area contributed by atoms with Crippen molar-refractivity contribution >= 4 is 17.5 Å². The summed E-state index contributed by atoms with van der Waals surface area (Å²) in [6.07, 6.45) is 0.373. The number of hydrogen-bond donors (Lipinski definition) is 0. The summed E-state index contributed by atoms with van der Waals surface area (Å²) in [6, 6.07) is 9.49. The maximum absolute atomic E-state index is 12.2. The van der Waals surface area contributed by atoms with Crippen molar-refractivity contribution in [3.63, 3.8) is 0 Å². The summed E-state index contributed by atoms with van der Waals surface area (Å²) < 4.78 is 0. The van der Waals surface area contributed by atoms with Gasteiger partial charge in [-0.15, -0.1) is 0 Å². The molecule has 1 aromatic carbocycles. The first-order valence-electron chi connectivity index (χ1n) is 7.37. The molecule has 114 valence electrons. The number of para-hydroxylation sites is 1. The van der Waals surface area contributed by atoms with E-state index in [0.29, 0.717) is 13.0 Å². The van der Waals surface area contributed by atoms with Gasteiger partial charge in [-0.25, -0.2) is 0 Å². The molecule has 1 saturated heterocycles. The highest BCUT2D eigenvalue weighted by Gasteiger charge is 2.20. The zero-order chi connectivity index (χ0) is 15.2. The van der Waals surface area contributed by atoms with E-state index in [0.717, 1.165) is 31.9 Å². The van der Waals surface area contributed by atoms with Gasteiger partial charge in [0.1, 0.15) is 0 Å². The van der Waals surface area contributed by atoms with E-state index in [4.69, 9.17) is 0 Å². The second-order valence-corrected chi connectivity index (χ2v) is 5.44. The third-order valence-electron chi connectivity index (χ3n) is 3.85. The normalized spacial score (nSPS) is 15.8. The number of anilines is 1. The maximum Gasteiger partial charge on any atom is 0.224 e. The molecule has 0 aliphatic carbocycles. The lowest BCUT2D eigenvalue weighted by Gasteiger charge is -2.33. The van der Waals surface area contributed by atoms with E-state index in [2.05, 4.69) is 11.9 Å². The van der Waals surface area contributed by atoms with E-state index < -0.39 is 0 Å². The second kappa shape index (κ2) is 7.22. The van der Waals surface area contributed by atoms with Gasteiger partial charge in [0.15, 0.2) is 0 Å². The van der Waals surface area contributed by atoms with Crippen LogP contribution in [-0.2, 0) is 9.59 Å². The fourth-order valence-corrected chi connectivity index (χ4v) is 2.50. The summed E-state index contributed by atoms with van der Waals surface area (Å²) in [6.45, 7) is 5.36. The largest absolute Gasteiger partial charge is 0.340 e. The minimum Gasteiger partial charge on any atom is -0.340 e. The van der Waals surface area contributed by atoms with Gasteiger partial charge in [0.05, 0.1) is 0 Å². The van der Waals surface area contributed by atoms with Crippen molar-refractivity contribution < 1.29 is 9.59 Å². The first-order valence-corrected chi connectivity index (χ1v) is 7.37. The van der Waals surface area contributed by atoms with Crippen molar-refractivity contribution in [1.29, 1.82) is 0 Å². The van der Waals surface area contributed by atoms with Crippen molar-refractivity contribution in [1.82, 2.24) is 9.80 Å². The summed E-state index contributed by atoms with van der Waals surface area (Å²) in [5, 5.41) is 0. The molecule has 5 nitrogen and oxygen atoms in total. The molecule has 0 bridgehead atoms. The number of piperazine rings is 1. The van der Waals surface area contributed by atoms with Crippen molar-refractivity contribution in [3.8, 4) is 0 Å². The Bertz CT molecular complexity index is 482. The van der Waals surface area contributed by atoms with Crippen LogP contribution in [0.15, 0.2) is 30.3 Å². The Kier molecular flexibility index (Phi) is 5.33. The van der Waals surface area contributed by atoms with Crippen LogP contribution in [-0.4, -0.2) is 61.4 Å². The molecule has 2 amide bonds. The zero-order valence-electron chi connectivity index (χ0n) is 12.8. The Morgan fingerprint density at radius 3 is 2.29 bits per heavy atom. The molecule has 5 heteroatoms. The molecule has 0 saturated carbocycles. The Hall–Kier alpha value is -1.88. The third kappa shape index (κ3) is 4.29. The molecule has 0 spiro atoms. The van der Waals surface area contributed by atoms with Gasteiger partial charge in [0.2, 0.25) is 11.8 Å². The van der Waals surface area contributed by atoms with E-state index in [1.165, 1.54) is 6.92 Å². The van der Waals surface area contributed by atoms with E-state index in [1.807, 2.05) is 35.2 Å². The molecule has 1 fully saturated rings. The molecular formula is C16H23N3O2. The average Bonchev–Trinajstić information content (AvgIpc) is 2.48. The van der Waals surface area contributed by atoms with Gasteiger partial charge in [0, 0.05) is 51.8 Å².